The molecule has 6 heteroatoms. The van der Waals surface area contributed by atoms with Gasteiger partial charge < -0.3 is 15.2 Å². The summed E-state index contributed by atoms with van der Waals surface area (Å²) in [6, 6.07) is 2.94. The number of hydrogen-bond donors (Lipinski definition) is 2. The van der Waals surface area contributed by atoms with E-state index in [0.29, 0.717) is 31.7 Å². The van der Waals surface area contributed by atoms with E-state index < -0.39 is 0 Å². The van der Waals surface area contributed by atoms with E-state index in [-0.39, 0.29) is 27.6 Å². The summed E-state index contributed by atoms with van der Waals surface area (Å²) in [5, 5.41) is 12.4. The summed E-state index contributed by atoms with van der Waals surface area (Å²) in [5.74, 6) is -0.302. The van der Waals surface area contributed by atoms with Crippen molar-refractivity contribution >= 4 is 34.8 Å². The van der Waals surface area contributed by atoms with Crippen LogP contribution < -0.4 is 5.32 Å². The van der Waals surface area contributed by atoms with Gasteiger partial charge in [0, 0.05) is 24.8 Å². The van der Waals surface area contributed by atoms with Gasteiger partial charge in [0.2, 0.25) is 5.91 Å². The SMILES string of the molecule is O=C(Nc1cc(Cl)c(O)c(Cl)c1)C1CCOCC1. The molecule has 4 nitrogen and oxygen atoms in total. The number of benzene rings is 1. The lowest BCUT2D eigenvalue weighted by Crippen LogP contribution is -2.28. The van der Waals surface area contributed by atoms with Crippen LogP contribution in [0.5, 0.6) is 5.75 Å². The molecule has 1 aliphatic heterocycles. The van der Waals surface area contributed by atoms with Crippen molar-refractivity contribution in [2.75, 3.05) is 18.5 Å². The number of phenols is 1. The minimum atomic E-state index is -0.178. The molecule has 0 radical (unpaired) electrons. The largest absolute Gasteiger partial charge is 0.505 e. The van der Waals surface area contributed by atoms with E-state index in [9.17, 15) is 9.90 Å². The minimum absolute atomic E-state index is 0.0508. The van der Waals surface area contributed by atoms with Gasteiger partial charge in [-0.25, -0.2) is 0 Å². The van der Waals surface area contributed by atoms with Gasteiger partial charge in [-0.05, 0) is 25.0 Å². The highest BCUT2D eigenvalue weighted by Crippen LogP contribution is 2.34. The van der Waals surface area contributed by atoms with E-state index in [2.05, 4.69) is 5.32 Å². The second-order valence-electron chi connectivity index (χ2n) is 4.16. The van der Waals surface area contributed by atoms with Gasteiger partial charge >= 0.3 is 0 Å². The standard InChI is InChI=1S/C12H13Cl2NO3/c13-9-5-8(6-10(14)11(9)16)15-12(17)7-1-3-18-4-2-7/h5-7,16H,1-4H2,(H,15,17). The molecule has 0 spiro atoms. The van der Waals surface area contributed by atoms with E-state index in [0.717, 1.165) is 0 Å². The fraction of sp³-hybridized carbons (Fsp3) is 0.417. The average molecular weight is 290 g/mol. The Hall–Kier alpha value is -0.970. The number of aromatic hydroxyl groups is 1. The highest BCUT2D eigenvalue weighted by Gasteiger charge is 2.22. The van der Waals surface area contributed by atoms with Crippen LogP contribution in [0.3, 0.4) is 0 Å². The fourth-order valence-corrected chi connectivity index (χ4v) is 2.33. The van der Waals surface area contributed by atoms with Gasteiger partial charge in [-0.3, -0.25) is 4.79 Å². The highest BCUT2D eigenvalue weighted by atomic mass is 35.5. The van der Waals surface area contributed by atoms with Gasteiger partial charge in [-0.15, -0.1) is 0 Å². The first kappa shape index (κ1) is 13.5. The molecule has 0 saturated carbocycles. The van der Waals surface area contributed by atoms with Crippen LogP contribution in [-0.4, -0.2) is 24.2 Å². The van der Waals surface area contributed by atoms with Gasteiger partial charge in [0.15, 0.2) is 5.75 Å². The van der Waals surface area contributed by atoms with E-state index in [1.165, 1.54) is 12.1 Å². The molecular weight excluding hydrogens is 277 g/mol. The summed E-state index contributed by atoms with van der Waals surface area (Å²) in [4.78, 5) is 12.0. The number of phenolic OH excluding ortho intramolecular Hbond substituents is 1. The Balaban J connectivity index is 2.06. The molecule has 0 aromatic heterocycles. The van der Waals surface area contributed by atoms with Crippen molar-refractivity contribution < 1.29 is 14.6 Å². The molecule has 0 atom stereocenters. The van der Waals surface area contributed by atoms with Crippen molar-refractivity contribution in [1.29, 1.82) is 0 Å². The number of carbonyl (C=O) groups excluding carboxylic acids is 1. The predicted octanol–water partition coefficient (Wildman–Crippen LogP) is 3.06. The Morgan fingerprint density at radius 3 is 2.39 bits per heavy atom. The van der Waals surface area contributed by atoms with E-state index >= 15 is 0 Å². The first-order chi connectivity index (χ1) is 8.58. The summed E-state index contributed by atoms with van der Waals surface area (Å²) in [6.45, 7) is 1.21. The first-order valence-electron chi connectivity index (χ1n) is 5.64. The zero-order chi connectivity index (χ0) is 13.1. The zero-order valence-corrected chi connectivity index (χ0v) is 11.1. The molecule has 1 fully saturated rings. The summed E-state index contributed by atoms with van der Waals surface area (Å²) in [7, 11) is 0. The van der Waals surface area contributed by atoms with Crippen molar-refractivity contribution in [3.63, 3.8) is 0 Å². The third-order valence-corrected chi connectivity index (χ3v) is 3.45. The third-order valence-electron chi connectivity index (χ3n) is 2.88. The monoisotopic (exact) mass is 289 g/mol. The molecule has 1 aromatic carbocycles. The van der Waals surface area contributed by atoms with Crippen LogP contribution in [0.15, 0.2) is 12.1 Å². The van der Waals surface area contributed by atoms with Crippen molar-refractivity contribution in [2.24, 2.45) is 5.92 Å². The van der Waals surface area contributed by atoms with Gasteiger partial charge in [0.05, 0.1) is 10.0 Å². The molecule has 0 unspecified atom stereocenters. The molecule has 18 heavy (non-hydrogen) atoms. The van der Waals surface area contributed by atoms with Gasteiger partial charge in [-0.1, -0.05) is 23.2 Å². The maximum atomic E-state index is 12.0. The van der Waals surface area contributed by atoms with Crippen LogP contribution in [0.1, 0.15) is 12.8 Å². The third kappa shape index (κ3) is 3.07. The Bertz CT molecular complexity index is 436. The van der Waals surface area contributed by atoms with Gasteiger partial charge in [-0.2, -0.15) is 0 Å². The van der Waals surface area contributed by atoms with Crippen molar-refractivity contribution in [1.82, 2.24) is 0 Å². The molecule has 1 saturated heterocycles. The van der Waals surface area contributed by atoms with E-state index in [1.807, 2.05) is 0 Å². The van der Waals surface area contributed by atoms with Crippen LogP contribution in [0.25, 0.3) is 0 Å². The molecule has 2 N–H and O–H groups in total. The molecular formula is C12H13Cl2NO3. The number of hydrogen-bond acceptors (Lipinski definition) is 3. The molecule has 98 valence electrons. The van der Waals surface area contributed by atoms with Crippen molar-refractivity contribution in [3.8, 4) is 5.75 Å². The minimum Gasteiger partial charge on any atom is -0.505 e. The quantitative estimate of drug-likeness (QED) is 0.823. The number of nitrogens with one attached hydrogen (secondary N) is 1. The molecule has 0 bridgehead atoms. The van der Waals surface area contributed by atoms with Crippen LogP contribution >= 0.6 is 23.2 Å². The lowest BCUT2D eigenvalue weighted by atomic mass is 9.99. The maximum Gasteiger partial charge on any atom is 0.227 e. The first-order valence-corrected chi connectivity index (χ1v) is 6.40. The second kappa shape index (κ2) is 5.78. The van der Waals surface area contributed by atoms with Crippen LogP contribution in [0.2, 0.25) is 10.0 Å². The maximum absolute atomic E-state index is 12.0. The Kier molecular flexibility index (Phi) is 4.32. The number of halogens is 2. The van der Waals surface area contributed by atoms with Gasteiger partial charge in [0.1, 0.15) is 0 Å². The number of ether oxygens (including phenoxy) is 1. The van der Waals surface area contributed by atoms with E-state index in [1.54, 1.807) is 0 Å². The second-order valence-corrected chi connectivity index (χ2v) is 4.98. The summed E-state index contributed by atoms with van der Waals surface area (Å²) < 4.78 is 5.20. The highest BCUT2D eigenvalue weighted by molar-refractivity contribution is 6.37. The Morgan fingerprint density at radius 1 is 1.28 bits per heavy atom. The summed E-state index contributed by atoms with van der Waals surface area (Å²) >= 11 is 11.6. The van der Waals surface area contributed by atoms with E-state index in [4.69, 9.17) is 27.9 Å². The van der Waals surface area contributed by atoms with Crippen LogP contribution in [-0.2, 0) is 9.53 Å². The van der Waals surface area contributed by atoms with Crippen molar-refractivity contribution in [2.45, 2.75) is 12.8 Å². The molecule has 1 amide bonds. The number of amides is 1. The smallest absolute Gasteiger partial charge is 0.227 e. The molecule has 2 rings (SSSR count). The fourth-order valence-electron chi connectivity index (χ4n) is 1.84. The predicted molar refractivity (Wildman–Crippen MR) is 70.3 cm³/mol. The molecule has 1 heterocycles. The lowest BCUT2D eigenvalue weighted by Gasteiger charge is -2.21. The topological polar surface area (TPSA) is 58.6 Å². The number of rotatable bonds is 2. The summed E-state index contributed by atoms with van der Waals surface area (Å²) in [6.07, 6.45) is 1.43. The van der Waals surface area contributed by atoms with Crippen LogP contribution in [0, 0.1) is 5.92 Å². The number of carbonyl (C=O) groups is 1. The summed E-state index contributed by atoms with van der Waals surface area (Å²) in [5.41, 5.74) is 0.485. The number of anilines is 1. The molecule has 1 aliphatic rings. The molecule has 0 aliphatic carbocycles. The Morgan fingerprint density at radius 2 is 1.83 bits per heavy atom. The van der Waals surface area contributed by atoms with Crippen LogP contribution in [0.4, 0.5) is 5.69 Å². The Labute approximate surface area is 115 Å². The molecule has 1 aromatic rings. The zero-order valence-electron chi connectivity index (χ0n) is 9.58. The van der Waals surface area contributed by atoms with Gasteiger partial charge in [0.25, 0.3) is 0 Å². The van der Waals surface area contributed by atoms with Crippen molar-refractivity contribution in [3.05, 3.63) is 22.2 Å². The lowest BCUT2D eigenvalue weighted by molar-refractivity contribution is -0.122. The average Bonchev–Trinajstić information content (AvgIpc) is 2.37. The normalized spacial score (nSPS) is 16.6.